The Kier molecular flexibility index (Phi) is 1.58. The number of nitrogens with two attached hydrogens (primary N) is 1. The minimum absolute atomic E-state index is 0.0607. The van der Waals surface area contributed by atoms with Crippen molar-refractivity contribution in [1.82, 2.24) is 4.98 Å². The largest absolute Gasteiger partial charge is 0.384 e. The molecule has 0 spiro atoms. The van der Waals surface area contributed by atoms with Gasteiger partial charge in [-0.1, -0.05) is 6.07 Å². The van der Waals surface area contributed by atoms with Gasteiger partial charge in [-0.15, -0.1) is 0 Å². The first-order chi connectivity index (χ1) is 6.44. The summed E-state index contributed by atoms with van der Waals surface area (Å²) in [4.78, 5) is 17.6. The Bertz CT molecular complexity index is 412. The van der Waals surface area contributed by atoms with E-state index in [1.165, 1.54) is 0 Å². The fraction of sp³-hybridized carbons (Fsp3) is 0.400. The van der Waals surface area contributed by atoms with E-state index < -0.39 is 5.41 Å². The number of fused-ring (bicyclic) bond motifs is 1. The van der Waals surface area contributed by atoms with Gasteiger partial charge in [0.1, 0.15) is 11.6 Å². The van der Waals surface area contributed by atoms with Crippen molar-refractivity contribution in [3.05, 3.63) is 17.7 Å². The van der Waals surface area contributed by atoms with Gasteiger partial charge in [0.05, 0.1) is 5.41 Å². The Morgan fingerprint density at radius 3 is 2.71 bits per heavy atom. The van der Waals surface area contributed by atoms with E-state index in [1.807, 2.05) is 19.9 Å². The fourth-order valence-electron chi connectivity index (χ4n) is 1.84. The molecule has 0 aromatic carbocycles. The fourth-order valence-corrected chi connectivity index (χ4v) is 1.84. The number of nitrogens with zero attached hydrogens (tertiary/aromatic N) is 2. The van der Waals surface area contributed by atoms with Crippen LogP contribution in [-0.4, -0.2) is 17.9 Å². The highest BCUT2D eigenvalue weighted by atomic mass is 16.2. The second kappa shape index (κ2) is 2.47. The van der Waals surface area contributed by atoms with Gasteiger partial charge in [-0.25, -0.2) is 4.98 Å². The minimum atomic E-state index is -0.481. The van der Waals surface area contributed by atoms with E-state index >= 15 is 0 Å². The van der Waals surface area contributed by atoms with Gasteiger partial charge in [0.2, 0.25) is 5.91 Å². The third-order valence-electron chi connectivity index (χ3n) is 2.73. The van der Waals surface area contributed by atoms with E-state index in [1.54, 1.807) is 18.0 Å². The zero-order valence-corrected chi connectivity index (χ0v) is 8.53. The summed E-state index contributed by atoms with van der Waals surface area (Å²) in [5, 5.41) is 0. The molecule has 0 saturated heterocycles. The first-order valence-electron chi connectivity index (χ1n) is 4.50. The Morgan fingerprint density at radius 1 is 1.43 bits per heavy atom. The molecule has 0 fully saturated rings. The molecule has 1 aliphatic heterocycles. The van der Waals surface area contributed by atoms with Crippen molar-refractivity contribution >= 4 is 17.5 Å². The van der Waals surface area contributed by atoms with Gasteiger partial charge in [0.15, 0.2) is 0 Å². The second-order valence-corrected chi connectivity index (χ2v) is 4.10. The third-order valence-corrected chi connectivity index (χ3v) is 2.73. The molecule has 4 heteroatoms. The molecule has 2 heterocycles. The van der Waals surface area contributed by atoms with Crippen LogP contribution in [0.3, 0.4) is 0 Å². The number of aromatic nitrogens is 1. The van der Waals surface area contributed by atoms with E-state index in [2.05, 4.69) is 4.98 Å². The Hall–Kier alpha value is -1.58. The molecule has 1 aromatic heterocycles. The van der Waals surface area contributed by atoms with Gasteiger partial charge in [-0.3, -0.25) is 9.69 Å². The highest BCUT2D eigenvalue weighted by molar-refractivity contribution is 6.06. The number of carbonyl (C=O) groups excluding carboxylic acids is 1. The molecule has 0 radical (unpaired) electrons. The van der Waals surface area contributed by atoms with Gasteiger partial charge in [0.25, 0.3) is 0 Å². The number of rotatable bonds is 0. The maximum atomic E-state index is 11.8. The highest BCUT2D eigenvalue weighted by Crippen LogP contribution is 2.39. The quantitative estimate of drug-likeness (QED) is 0.663. The van der Waals surface area contributed by atoms with E-state index in [-0.39, 0.29) is 5.91 Å². The van der Waals surface area contributed by atoms with Crippen molar-refractivity contribution in [2.45, 2.75) is 19.3 Å². The van der Waals surface area contributed by atoms with Crippen LogP contribution in [0.15, 0.2) is 12.1 Å². The molecule has 14 heavy (non-hydrogen) atoms. The minimum Gasteiger partial charge on any atom is -0.384 e. The van der Waals surface area contributed by atoms with Crippen molar-refractivity contribution < 1.29 is 4.79 Å². The van der Waals surface area contributed by atoms with E-state index in [4.69, 9.17) is 5.73 Å². The topological polar surface area (TPSA) is 59.2 Å². The number of hydrogen-bond donors (Lipinski definition) is 1. The number of pyridine rings is 1. The maximum Gasteiger partial charge on any atom is 0.238 e. The monoisotopic (exact) mass is 191 g/mol. The molecule has 2 rings (SSSR count). The average Bonchev–Trinajstić information content (AvgIpc) is 2.28. The lowest BCUT2D eigenvalue weighted by molar-refractivity contribution is -0.121. The second-order valence-electron chi connectivity index (χ2n) is 4.10. The lowest BCUT2D eigenvalue weighted by Crippen LogP contribution is -2.33. The van der Waals surface area contributed by atoms with Crippen molar-refractivity contribution in [2.24, 2.45) is 0 Å². The zero-order valence-electron chi connectivity index (χ0n) is 8.53. The van der Waals surface area contributed by atoms with Gasteiger partial charge in [-0.2, -0.15) is 0 Å². The molecule has 0 saturated carbocycles. The number of anilines is 2. The van der Waals surface area contributed by atoms with Gasteiger partial charge in [-0.05, 0) is 19.9 Å². The van der Waals surface area contributed by atoms with Crippen molar-refractivity contribution in [1.29, 1.82) is 0 Å². The number of carbonyl (C=O) groups is 1. The lowest BCUT2D eigenvalue weighted by Gasteiger charge is -2.15. The summed E-state index contributed by atoms with van der Waals surface area (Å²) in [5.41, 5.74) is 6.04. The normalized spacial score (nSPS) is 18.5. The SMILES string of the molecule is CN1C(=O)C(C)(C)c2ccc(N)nc21. The summed E-state index contributed by atoms with van der Waals surface area (Å²) < 4.78 is 0. The molecular formula is C10H13N3O. The van der Waals surface area contributed by atoms with Crippen LogP contribution in [0.2, 0.25) is 0 Å². The van der Waals surface area contributed by atoms with Crippen LogP contribution >= 0.6 is 0 Å². The predicted molar refractivity (Wildman–Crippen MR) is 55.1 cm³/mol. The van der Waals surface area contributed by atoms with E-state index in [0.717, 1.165) is 5.56 Å². The summed E-state index contributed by atoms with van der Waals surface area (Å²) in [5.74, 6) is 1.19. The average molecular weight is 191 g/mol. The molecule has 0 aliphatic carbocycles. The van der Waals surface area contributed by atoms with Crippen LogP contribution in [-0.2, 0) is 10.2 Å². The molecule has 1 amide bonds. The van der Waals surface area contributed by atoms with Crippen LogP contribution in [0.25, 0.3) is 0 Å². The molecule has 0 bridgehead atoms. The molecular weight excluding hydrogens is 178 g/mol. The van der Waals surface area contributed by atoms with E-state index in [9.17, 15) is 4.79 Å². The first kappa shape index (κ1) is 8.99. The smallest absolute Gasteiger partial charge is 0.238 e. The van der Waals surface area contributed by atoms with Crippen LogP contribution in [0.4, 0.5) is 11.6 Å². The Morgan fingerprint density at radius 2 is 2.07 bits per heavy atom. The summed E-state index contributed by atoms with van der Waals surface area (Å²) in [6.45, 7) is 3.80. The Balaban J connectivity index is 2.68. The molecule has 4 nitrogen and oxygen atoms in total. The standard InChI is InChI=1S/C10H13N3O/c1-10(2)6-4-5-7(11)12-8(6)13(3)9(10)14/h4-5H,1-3H3,(H2,11,12). The van der Waals surface area contributed by atoms with Crippen molar-refractivity contribution in [3.8, 4) is 0 Å². The summed E-state index contributed by atoms with van der Waals surface area (Å²) in [7, 11) is 1.72. The van der Waals surface area contributed by atoms with Crippen LogP contribution in [0.1, 0.15) is 19.4 Å². The molecule has 0 unspecified atom stereocenters. The summed E-state index contributed by atoms with van der Waals surface area (Å²) in [6, 6.07) is 3.60. The molecule has 1 aromatic rings. The van der Waals surface area contributed by atoms with Crippen LogP contribution in [0, 0.1) is 0 Å². The summed E-state index contributed by atoms with van der Waals surface area (Å²) >= 11 is 0. The number of amides is 1. The van der Waals surface area contributed by atoms with Crippen LogP contribution in [0.5, 0.6) is 0 Å². The third kappa shape index (κ3) is 0.937. The van der Waals surface area contributed by atoms with E-state index in [0.29, 0.717) is 11.6 Å². The number of nitrogen functional groups attached to an aromatic ring is 1. The Labute approximate surface area is 82.7 Å². The molecule has 2 N–H and O–H groups in total. The highest BCUT2D eigenvalue weighted by Gasteiger charge is 2.43. The molecule has 1 aliphatic rings. The predicted octanol–water partition coefficient (Wildman–Crippen LogP) is 0.918. The number of hydrogen-bond acceptors (Lipinski definition) is 3. The van der Waals surface area contributed by atoms with Gasteiger partial charge >= 0.3 is 0 Å². The van der Waals surface area contributed by atoms with Gasteiger partial charge in [0, 0.05) is 12.6 Å². The van der Waals surface area contributed by atoms with Crippen LogP contribution < -0.4 is 10.6 Å². The van der Waals surface area contributed by atoms with Gasteiger partial charge < -0.3 is 5.73 Å². The zero-order chi connectivity index (χ0) is 10.5. The number of likely N-dealkylation sites (N-methyl/N-ethyl adjacent to an activating group) is 1. The molecule has 0 atom stereocenters. The first-order valence-corrected chi connectivity index (χ1v) is 4.50. The molecule has 74 valence electrons. The summed E-state index contributed by atoms with van der Waals surface area (Å²) in [6.07, 6.45) is 0. The lowest BCUT2D eigenvalue weighted by atomic mass is 9.87. The maximum absolute atomic E-state index is 11.8. The van der Waals surface area contributed by atoms with Crippen molar-refractivity contribution in [2.75, 3.05) is 17.7 Å². The van der Waals surface area contributed by atoms with Crippen molar-refractivity contribution in [3.63, 3.8) is 0 Å².